The van der Waals surface area contributed by atoms with E-state index in [2.05, 4.69) is 10.0 Å². The topological polar surface area (TPSA) is 80.2 Å². The van der Waals surface area contributed by atoms with Crippen LogP contribution in [0.3, 0.4) is 0 Å². The number of thiophene rings is 1. The predicted octanol–water partition coefficient (Wildman–Crippen LogP) is 4.73. The maximum Gasteiger partial charge on any atom is 0.261 e. The van der Waals surface area contributed by atoms with E-state index in [9.17, 15) is 13.2 Å². The molecule has 4 aromatic rings. The van der Waals surface area contributed by atoms with Gasteiger partial charge in [0.2, 0.25) is 0 Å². The lowest BCUT2D eigenvalue weighted by Gasteiger charge is -2.14. The molecule has 0 aliphatic heterocycles. The SMILES string of the molecule is Cn1sc(=O)c2cc(S(=O)(=O)Nc3cc(Cl)ccc3NCc3cccs3)ccc21. The molecule has 0 radical (unpaired) electrons. The first kappa shape index (κ1) is 20.0. The first-order chi connectivity index (χ1) is 13.8. The van der Waals surface area contributed by atoms with E-state index >= 15 is 0 Å². The van der Waals surface area contributed by atoms with Gasteiger partial charge >= 0.3 is 0 Å². The number of hydrogen-bond donors (Lipinski definition) is 2. The third kappa shape index (κ3) is 4.18. The first-order valence-electron chi connectivity index (χ1n) is 8.52. The molecule has 2 aromatic heterocycles. The van der Waals surface area contributed by atoms with Gasteiger partial charge in [0.1, 0.15) is 0 Å². The Kier molecular flexibility index (Phi) is 5.39. The number of nitrogens with one attached hydrogen (secondary N) is 2. The van der Waals surface area contributed by atoms with Crippen LogP contribution in [0.2, 0.25) is 5.02 Å². The Hall–Kier alpha value is -2.33. The van der Waals surface area contributed by atoms with Crippen LogP contribution in [-0.4, -0.2) is 12.4 Å². The van der Waals surface area contributed by atoms with Crippen LogP contribution in [0.1, 0.15) is 4.88 Å². The summed E-state index contributed by atoms with van der Waals surface area (Å²) in [6.45, 7) is 0.560. The third-order valence-corrected chi connectivity index (χ3v) is 7.65. The van der Waals surface area contributed by atoms with Crippen LogP contribution in [0.25, 0.3) is 10.9 Å². The van der Waals surface area contributed by atoms with Gasteiger partial charge in [-0.3, -0.25) is 13.5 Å². The maximum absolute atomic E-state index is 13.0. The average Bonchev–Trinajstić information content (AvgIpc) is 3.29. The predicted molar refractivity (Wildman–Crippen MR) is 121 cm³/mol. The Morgan fingerprint density at radius 2 is 1.93 bits per heavy atom. The number of benzene rings is 2. The second-order valence-electron chi connectivity index (χ2n) is 6.28. The van der Waals surface area contributed by atoms with Crippen LogP contribution >= 0.6 is 34.5 Å². The Bertz CT molecular complexity index is 1340. The summed E-state index contributed by atoms with van der Waals surface area (Å²) in [5.74, 6) is 0. The van der Waals surface area contributed by atoms with Gasteiger partial charge in [0.15, 0.2) is 0 Å². The van der Waals surface area contributed by atoms with Crippen LogP contribution in [0.15, 0.2) is 63.6 Å². The lowest BCUT2D eigenvalue weighted by Crippen LogP contribution is -2.15. The van der Waals surface area contributed by atoms with Crippen LogP contribution < -0.4 is 14.8 Å². The highest BCUT2D eigenvalue weighted by atomic mass is 35.5. The molecule has 2 N–H and O–H groups in total. The van der Waals surface area contributed by atoms with Crippen molar-refractivity contribution < 1.29 is 8.42 Å². The first-order valence-corrected chi connectivity index (χ1v) is 12.0. The summed E-state index contributed by atoms with van der Waals surface area (Å²) in [7, 11) is -2.15. The van der Waals surface area contributed by atoms with E-state index in [0.29, 0.717) is 33.8 Å². The molecule has 10 heteroatoms. The Morgan fingerprint density at radius 3 is 2.69 bits per heavy atom. The summed E-state index contributed by atoms with van der Waals surface area (Å²) in [5.41, 5.74) is 1.64. The molecule has 4 rings (SSSR count). The van der Waals surface area contributed by atoms with Crippen molar-refractivity contribution in [3.63, 3.8) is 0 Å². The monoisotopic (exact) mass is 465 g/mol. The van der Waals surface area contributed by atoms with Crippen molar-refractivity contribution in [1.29, 1.82) is 0 Å². The van der Waals surface area contributed by atoms with E-state index < -0.39 is 10.0 Å². The standard InChI is InChI=1S/C19H16ClN3O3S3/c1-23-18-7-5-14(10-15(18)19(24)28-23)29(25,26)22-17-9-12(20)4-6-16(17)21-11-13-3-2-8-27-13/h2-10,21-22H,11H2,1H3. The van der Waals surface area contributed by atoms with Crippen molar-refractivity contribution in [2.24, 2.45) is 7.05 Å². The molecule has 0 saturated heterocycles. The van der Waals surface area contributed by atoms with Gasteiger partial charge in [-0.2, -0.15) is 0 Å². The number of hydrogen-bond acceptors (Lipinski definition) is 6. The van der Waals surface area contributed by atoms with Gasteiger partial charge in [-0.25, -0.2) is 8.42 Å². The second-order valence-corrected chi connectivity index (χ2v) is 10.5. The molecule has 0 atom stereocenters. The summed E-state index contributed by atoms with van der Waals surface area (Å²) in [4.78, 5) is 13.2. The molecule has 0 aliphatic carbocycles. The summed E-state index contributed by atoms with van der Waals surface area (Å²) in [6, 6.07) is 13.4. The minimum atomic E-state index is -3.91. The number of nitrogens with zero attached hydrogens (tertiary/aromatic N) is 1. The molecule has 0 spiro atoms. The van der Waals surface area contributed by atoms with E-state index in [4.69, 9.17) is 11.6 Å². The van der Waals surface area contributed by atoms with E-state index in [-0.39, 0.29) is 9.64 Å². The van der Waals surface area contributed by atoms with Crippen molar-refractivity contribution in [3.05, 3.63) is 73.3 Å². The van der Waals surface area contributed by atoms with Crippen molar-refractivity contribution in [3.8, 4) is 0 Å². The zero-order valence-corrected chi connectivity index (χ0v) is 18.4. The van der Waals surface area contributed by atoms with Gasteiger partial charge in [0.05, 0.1) is 27.2 Å². The highest BCUT2D eigenvalue weighted by Gasteiger charge is 2.19. The number of rotatable bonds is 6. The average molecular weight is 466 g/mol. The number of anilines is 2. The molecule has 0 bridgehead atoms. The van der Waals surface area contributed by atoms with Gasteiger partial charge in [-0.15, -0.1) is 11.3 Å². The molecule has 0 unspecified atom stereocenters. The summed E-state index contributed by atoms with van der Waals surface area (Å²) in [6.07, 6.45) is 0. The number of aryl methyl sites for hydroxylation is 1. The van der Waals surface area contributed by atoms with Gasteiger partial charge in [0.25, 0.3) is 14.8 Å². The summed E-state index contributed by atoms with van der Waals surface area (Å²) < 4.78 is 30.1. The van der Waals surface area contributed by atoms with Crippen LogP contribution in [0.4, 0.5) is 11.4 Å². The largest absolute Gasteiger partial charge is 0.378 e. The van der Waals surface area contributed by atoms with Gasteiger partial charge < -0.3 is 5.32 Å². The van der Waals surface area contributed by atoms with Gasteiger partial charge in [-0.05, 0) is 59.4 Å². The molecule has 2 heterocycles. The Balaban J connectivity index is 1.66. The molecular formula is C19H16ClN3O3S3. The van der Waals surface area contributed by atoms with Gasteiger partial charge in [-0.1, -0.05) is 17.7 Å². The number of aromatic nitrogens is 1. The fourth-order valence-corrected chi connectivity index (χ4v) is 5.58. The zero-order chi connectivity index (χ0) is 20.6. The maximum atomic E-state index is 13.0. The smallest absolute Gasteiger partial charge is 0.261 e. The van der Waals surface area contributed by atoms with E-state index in [1.807, 2.05) is 17.5 Å². The molecule has 150 valence electrons. The number of sulfonamides is 1. The van der Waals surface area contributed by atoms with Crippen molar-refractivity contribution >= 4 is 66.8 Å². The highest BCUT2D eigenvalue weighted by Crippen LogP contribution is 2.29. The molecule has 0 saturated carbocycles. The summed E-state index contributed by atoms with van der Waals surface area (Å²) >= 11 is 8.73. The Labute approximate surface area is 180 Å². The molecule has 0 amide bonds. The third-order valence-electron chi connectivity index (χ3n) is 4.32. The minimum Gasteiger partial charge on any atom is -0.378 e. The lowest BCUT2D eigenvalue weighted by atomic mass is 10.2. The molecule has 2 aromatic carbocycles. The highest BCUT2D eigenvalue weighted by molar-refractivity contribution is 7.92. The molecular weight excluding hydrogens is 450 g/mol. The second kappa shape index (κ2) is 7.83. The Morgan fingerprint density at radius 1 is 1.10 bits per heavy atom. The van der Waals surface area contributed by atoms with Gasteiger partial charge in [0, 0.05) is 23.5 Å². The molecule has 6 nitrogen and oxygen atoms in total. The van der Waals surface area contributed by atoms with E-state index in [0.717, 1.165) is 16.4 Å². The minimum absolute atomic E-state index is 0.0182. The lowest BCUT2D eigenvalue weighted by molar-refractivity contribution is 0.601. The van der Waals surface area contributed by atoms with Crippen LogP contribution in [-0.2, 0) is 23.6 Å². The van der Waals surface area contributed by atoms with E-state index in [1.165, 1.54) is 12.1 Å². The molecule has 0 fully saturated rings. The number of halogens is 1. The van der Waals surface area contributed by atoms with Crippen LogP contribution in [0, 0.1) is 0 Å². The van der Waals surface area contributed by atoms with E-state index in [1.54, 1.807) is 46.6 Å². The normalized spacial score (nSPS) is 11.7. The van der Waals surface area contributed by atoms with Crippen LogP contribution in [0.5, 0.6) is 0 Å². The van der Waals surface area contributed by atoms with Crippen molar-refractivity contribution in [1.82, 2.24) is 3.96 Å². The summed E-state index contributed by atoms with van der Waals surface area (Å²) in [5, 5.41) is 6.00. The van der Waals surface area contributed by atoms with Crippen molar-refractivity contribution in [2.45, 2.75) is 11.4 Å². The molecule has 29 heavy (non-hydrogen) atoms. The zero-order valence-electron chi connectivity index (χ0n) is 15.2. The number of fused-ring (bicyclic) bond motifs is 1. The quantitative estimate of drug-likeness (QED) is 0.431. The van der Waals surface area contributed by atoms with Crippen molar-refractivity contribution in [2.75, 3.05) is 10.0 Å². The fraction of sp³-hybridized carbons (Fsp3) is 0.105. The molecule has 0 aliphatic rings. The fourth-order valence-electron chi connectivity index (χ4n) is 2.90.